The Morgan fingerprint density at radius 1 is 0.474 bits per heavy atom. The van der Waals surface area contributed by atoms with Crippen LogP contribution < -0.4 is 21.3 Å². The normalized spacial score (nSPS) is 11.3. The van der Waals surface area contributed by atoms with E-state index in [9.17, 15) is 19.2 Å². The zero-order chi connectivity index (χ0) is 28.1. The highest BCUT2D eigenvalue weighted by molar-refractivity contribution is 6.08. The van der Waals surface area contributed by atoms with Crippen molar-refractivity contribution in [1.29, 1.82) is 0 Å². The van der Waals surface area contributed by atoms with Gasteiger partial charge in [-0.1, -0.05) is 12.1 Å². The number of carbonyl (C=O) groups excluding carboxylic acids is 4. The van der Waals surface area contributed by atoms with Crippen molar-refractivity contribution in [3.63, 3.8) is 0 Å². The van der Waals surface area contributed by atoms with Gasteiger partial charge in [0.05, 0.1) is 0 Å². The summed E-state index contributed by atoms with van der Waals surface area (Å²) in [6, 6.07) is 19.6. The number of anilines is 2. The van der Waals surface area contributed by atoms with Crippen molar-refractivity contribution in [3.8, 4) is 0 Å². The minimum absolute atomic E-state index is 0.232. The Balaban J connectivity index is 1.64. The number of benzene rings is 3. The molecule has 0 atom stereocenters. The van der Waals surface area contributed by atoms with E-state index in [4.69, 9.17) is 0 Å². The highest BCUT2D eigenvalue weighted by Crippen LogP contribution is 2.16. The molecule has 0 saturated heterocycles. The predicted molar refractivity (Wildman–Crippen MR) is 150 cm³/mol. The molecule has 0 fully saturated rings. The molecule has 4 amide bonds. The molecule has 3 rings (SSSR count). The molecule has 3 aromatic rings. The molecule has 4 N–H and O–H groups in total. The van der Waals surface area contributed by atoms with Crippen molar-refractivity contribution in [1.82, 2.24) is 10.6 Å². The van der Waals surface area contributed by atoms with E-state index in [0.29, 0.717) is 33.6 Å². The number of nitrogens with one attached hydrogen (secondary N) is 4. The van der Waals surface area contributed by atoms with Crippen molar-refractivity contribution in [2.75, 3.05) is 10.6 Å². The molecule has 0 aromatic heterocycles. The minimum Gasteiger partial charge on any atom is -0.347 e. The van der Waals surface area contributed by atoms with Crippen LogP contribution in [0.3, 0.4) is 0 Å². The van der Waals surface area contributed by atoms with Crippen molar-refractivity contribution >= 4 is 35.0 Å². The fraction of sp³-hybridized carbons (Fsp3) is 0.267. The van der Waals surface area contributed by atoms with Gasteiger partial charge in [-0.15, -0.1) is 0 Å². The second-order valence-corrected chi connectivity index (χ2v) is 11.1. The van der Waals surface area contributed by atoms with E-state index in [1.165, 1.54) is 0 Å². The third-order valence-corrected chi connectivity index (χ3v) is 5.15. The Morgan fingerprint density at radius 3 is 1.13 bits per heavy atom. The highest BCUT2D eigenvalue weighted by atomic mass is 16.2. The maximum absolute atomic E-state index is 12.7. The van der Waals surface area contributed by atoms with Crippen molar-refractivity contribution in [2.45, 2.75) is 52.6 Å². The first-order chi connectivity index (χ1) is 17.7. The predicted octanol–water partition coefficient (Wildman–Crippen LogP) is 5.25. The van der Waals surface area contributed by atoms with E-state index < -0.39 is 0 Å². The molecular formula is C30H34N4O4. The second-order valence-electron chi connectivity index (χ2n) is 11.1. The van der Waals surface area contributed by atoms with Gasteiger partial charge in [0.2, 0.25) is 0 Å². The van der Waals surface area contributed by atoms with E-state index in [1.54, 1.807) is 72.8 Å². The largest absolute Gasteiger partial charge is 0.347 e. The van der Waals surface area contributed by atoms with E-state index in [0.717, 1.165) is 0 Å². The first kappa shape index (κ1) is 28.1. The molecule has 3 aromatic carbocycles. The van der Waals surface area contributed by atoms with Gasteiger partial charge in [0, 0.05) is 44.7 Å². The van der Waals surface area contributed by atoms with Gasteiger partial charge in [0.1, 0.15) is 0 Å². The summed E-state index contributed by atoms with van der Waals surface area (Å²) in [5.74, 6) is -1.21. The van der Waals surface area contributed by atoms with Gasteiger partial charge < -0.3 is 21.3 Å². The molecule has 0 aliphatic carbocycles. The van der Waals surface area contributed by atoms with Gasteiger partial charge in [-0.25, -0.2) is 0 Å². The number of rotatable bonds is 6. The van der Waals surface area contributed by atoms with Crippen LogP contribution in [0.25, 0.3) is 0 Å². The third-order valence-electron chi connectivity index (χ3n) is 5.15. The maximum Gasteiger partial charge on any atom is 0.255 e. The Hall–Kier alpha value is -4.46. The topological polar surface area (TPSA) is 116 Å². The van der Waals surface area contributed by atoms with E-state index in [1.807, 2.05) is 41.5 Å². The lowest BCUT2D eigenvalue weighted by Crippen LogP contribution is -2.40. The Bertz CT molecular complexity index is 1250. The van der Waals surface area contributed by atoms with Gasteiger partial charge in [-0.2, -0.15) is 0 Å². The molecule has 0 heterocycles. The number of carbonyl (C=O) groups is 4. The molecule has 0 spiro atoms. The van der Waals surface area contributed by atoms with Crippen LogP contribution in [0.4, 0.5) is 11.4 Å². The number of hydrogen-bond acceptors (Lipinski definition) is 4. The average Bonchev–Trinajstić information content (AvgIpc) is 2.82. The van der Waals surface area contributed by atoms with Crippen LogP contribution in [0.15, 0.2) is 72.8 Å². The summed E-state index contributed by atoms with van der Waals surface area (Å²) in [7, 11) is 0. The standard InChI is InChI=1S/C30H34N4O4/c1-29(2,3)33-27(37)21-9-7-11-23(17-21)31-25(35)19-13-15-20(16-14-19)26(36)32-24-12-8-10-22(18-24)28(38)34-30(4,5)6/h7-18H,1-6H3,(H,31,35)(H,32,36)(H,33,37)(H,34,38). The summed E-state index contributed by atoms with van der Waals surface area (Å²) in [6.45, 7) is 11.4. The van der Waals surface area contributed by atoms with E-state index >= 15 is 0 Å². The summed E-state index contributed by atoms with van der Waals surface area (Å²) in [6.07, 6.45) is 0. The van der Waals surface area contributed by atoms with Gasteiger partial charge in [0.15, 0.2) is 0 Å². The lowest BCUT2D eigenvalue weighted by atomic mass is 10.1. The van der Waals surface area contributed by atoms with Gasteiger partial charge >= 0.3 is 0 Å². The van der Waals surface area contributed by atoms with Crippen LogP contribution in [0, 0.1) is 0 Å². The second kappa shape index (κ2) is 11.3. The summed E-state index contributed by atoms with van der Waals surface area (Å²) in [4.78, 5) is 50.3. The third kappa shape index (κ3) is 8.30. The summed E-state index contributed by atoms with van der Waals surface area (Å²) in [5.41, 5.74) is 1.78. The molecule has 8 nitrogen and oxygen atoms in total. The fourth-order valence-corrected chi connectivity index (χ4v) is 3.48. The Kier molecular flexibility index (Phi) is 8.36. The van der Waals surface area contributed by atoms with Crippen LogP contribution in [0.1, 0.15) is 83.0 Å². The van der Waals surface area contributed by atoms with Gasteiger partial charge in [-0.05, 0) is 102 Å². The van der Waals surface area contributed by atoms with Crippen LogP contribution in [-0.2, 0) is 0 Å². The zero-order valence-electron chi connectivity index (χ0n) is 22.6. The van der Waals surface area contributed by atoms with Crippen LogP contribution >= 0.6 is 0 Å². The highest BCUT2D eigenvalue weighted by Gasteiger charge is 2.17. The number of hydrogen-bond donors (Lipinski definition) is 4. The smallest absolute Gasteiger partial charge is 0.255 e. The van der Waals surface area contributed by atoms with Crippen molar-refractivity contribution < 1.29 is 19.2 Å². The number of amides is 4. The van der Waals surface area contributed by atoms with Crippen LogP contribution in [-0.4, -0.2) is 34.7 Å². The quantitative estimate of drug-likeness (QED) is 0.360. The van der Waals surface area contributed by atoms with E-state index in [-0.39, 0.29) is 34.7 Å². The van der Waals surface area contributed by atoms with Crippen LogP contribution in [0.2, 0.25) is 0 Å². The Morgan fingerprint density at radius 2 is 0.816 bits per heavy atom. The fourth-order valence-electron chi connectivity index (χ4n) is 3.48. The summed E-state index contributed by atoms with van der Waals surface area (Å²) in [5, 5.41) is 11.3. The SMILES string of the molecule is CC(C)(C)NC(=O)c1cccc(NC(=O)c2ccc(C(=O)Nc3cccc(C(=O)NC(C)(C)C)c3)cc2)c1. The first-order valence-electron chi connectivity index (χ1n) is 12.3. The maximum atomic E-state index is 12.7. The lowest BCUT2D eigenvalue weighted by molar-refractivity contribution is 0.0910. The zero-order valence-corrected chi connectivity index (χ0v) is 22.6. The van der Waals surface area contributed by atoms with E-state index in [2.05, 4.69) is 21.3 Å². The van der Waals surface area contributed by atoms with Gasteiger partial charge in [0.25, 0.3) is 23.6 Å². The van der Waals surface area contributed by atoms with Crippen LogP contribution in [0.5, 0.6) is 0 Å². The summed E-state index contributed by atoms with van der Waals surface area (Å²) >= 11 is 0. The molecule has 8 heteroatoms. The van der Waals surface area contributed by atoms with Crippen molar-refractivity contribution in [2.24, 2.45) is 0 Å². The molecule has 0 bridgehead atoms. The molecule has 0 aliphatic heterocycles. The molecule has 0 saturated carbocycles. The first-order valence-corrected chi connectivity index (χ1v) is 12.3. The molecule has 198 valence electrons. The molecule has 0 radical (unpaired) electrons. The minimum atomic E-state index is -0.381. The Labute approximate surface area is 223 Å². The average molecular weight is 515 g/mol. The molecule has 0 aliphatic rings. The lowest BCUT2D eigenvalue weighted by Gasteiger charge is -2.20. The molecule has 0 unspecified atom stereocenters. The molecule has 38 heavy (non-hydrogen) atoms. The summed E-state index contributed by atoms with van der Waals surface area (Å²) < 4.78 is 0. The van der Waals surface area contributed by atoms with Crippen molar-refractivity contribution in [3.05, 3.63) is 95.1 Å². The monoisotopic (exact) mass is 514 g/mol. The van der Waals surface area contributed by atoms with Gasteiger partial charge in [-0.3, -0.25) is 19.2 Å². The molecular weight excluding hydrogens is 480 g/mol.